The summed E-state index contributed by atoms with van der Waals surface area (Å²) in [4.78, 5) is 12.8. The van der Waals surface area contributed by atoms with Crippen LogP contribution in [0.5, 0.6) is 11.5 Å². The van der Waals surface area contributed by atoms with Crippen LogP contribution in [0.1, 0.15) is 51.0 Å². The van der Waals surface area contributed by atoms with E-state index in [0.29, 0.717) is 24.8 Å². The molecule has 3 N–H and O–H groups in total. The molecule has 1 aromatic carbocycles. The van der Waals surface area contributed by atoms with Crippen LogP contribution in [0.15, 0.2) is 18.2 Å². The Morgan fingerprint density at radius 3 is 2.59 bits per heavy atom. The topological polar surface area (TPSA) is 82.8 Å². The maximum Gasteiger partial charge on any atom is 0.251 e. The molecule has 0 aromatic heterocycles. The van der Waals surface area contributed by atoms with Gasteiger partial charge in [0.2, 0.25) is 0 Å². The molecule has 0 saturated heterocycles. The zero-order valence-electron chi connectivity index (χ0n) is 16.8. The van der Waals surface area contributed by atoms with Crippen molar-refractivity contribution in [2.45, 2.75) is 64.1 Å². The summed E-state index contributed by atoms with van der Waals surface area (Å²) in [6.45, 7) is 2.68. The van der Waals surface area contributed by atoms with Crippen LogP contribution in [0.3, 0.4) is 0 Å². The first kappa shape index (κ1) is 21.5. The molecule has 0 spiro atoms. The highest BCUT2D eigenvalue weighted by Crippen LogP contribution is 2.28. The van der Waals surface area contributed by atoms with E-state index in [1.54, 1.807) is 14.2 Å². The van der Waals surface area contributed by atoms with Crippen molar-refractivity contribution in [1.29, 1.82) is 0 Å². The zero-order chi connectivity index (χ0) is 19.6. The first-order valence-corrected chi connectivity index (χ1v) is 9.94. The third-order valence-corrected chi connectivity index (χ3v) is 5.26. The van der Waals surface area contributed by atoms with Crippen LogP contribution < -0.4 is 20.5 Å². The Balaban J connectivity index is 1.97. The van der Waals surface area contributed by atoms with Gasteiger partial charge in [0.05, 0.1) is 14.2 Å². The molecule has 0 aliphatic heterocycles. The number of rotatable bonds is 10. The third kappa shape index (κ3) is 6.40. The standard InChI is InChI=1S/C21H34N2O4/c1-4-27-20(18(22)12-15-8-6-5-7-9-15)21(24)23-14-16-13-17(25-2)10-11-19(16)26-3/h10-11,13,15,18,20H,4-9,12,14,22H2,1-3H3,(H,23,24)/t18-,20?/m1/s1. The molecule has 1 aliphatic carbocycles. The Kier molecular flexibility index (Phi) is 8.88. The van der Waals surface area contributed by atoms with Crippen molar-refractivity contribution in [3.8, 4) is 11.5 Å². The number of ether oxygens (including phenoxy) is 3. The maximum absolute atomic E-state index is 12.8. The van der Waals surface area contributed by atoms with Crippen molar-refractivity contribution in [2.24, 2.45) is 11.7 Å². The van der Waals surface area contributed by atoms with Crippen molar-refractivity contribution in [3.05, 3.63) is 23.8 Å². The summed E-state index contributed by atoms with van der Waals surface area (Å²) in [5, 5.41) is 2.95. The van der Waals surface area contributed by atoms with Gasteiger partial charge < -0.3 is 25.3 Å². The third-order valence-electron chi connectivity index (χ3n) is 5.26. The molecule has 1 amide bonds. The lowest BCUT2D eigenvalue weighted by molar-refractivity contribution is -0.134. The Bertz CT molecular complexity index is 588. The van der Waals surface area contributed by atoms with Gasteiger partial charge >= 0.3 is 0 Å². The van der Waals surface area contributed by atoms with E-state index < -0.39 is 6.10 Å². The van der Waals surface area contributed by atoms with Gasteiger partial charge in [-0.15, -0.1) is 0 Å². The summed E-state index contributed by atoms with van der Waals surface area (Å²) in [7, 11) is 3.22. The minimum atomic E-state index is -0.631. The van der Waals surface area contributed by atoms with Crippen molar-refractivity contribution >= 4 is 5.91 Å². The van der Waals surface area contributed by atoms with Gasteiger partial charge in [0.25, 0.3) is 5.91 Å². The van der Waals surface area contributed by atoms with Crippen LogP contribution in [0.4, 0.5) is 0 Å². The van der Waals surface area contributed by atoms with Gasteiger partial charge in [-0.05, 0) is 37.5 Å². The second-order valence-electron chi connectivity index (χ2n) is 7.18. The molecule has 1 fully saturated rings. The molecule has 6 nitrogen and oxygen atoms in total. The minimum Gasteiger partial charge on any atom is -0.497 e. The number of hydrogen-bond acceptors (Lipinski definition) is 5. The average Bonchev–Trinajstić information content (AvgIpc) is 2.70. The van der Waals surface area contributed by atoms with Crippen LogP contribution in [-0.4, -0.2) is 38.9 Å². The monoisotopic (exact) mass is 378 g/mol. The number of nitrogens with one attached hydrogen (secondary N) is 1. The molecule has 27 heavy (non-hydrogen) atoms. The van der Waals surface area contributed by atoms with Gasteiger partial charge in [0.1, 0.15) is 11.5 Å². The van der Waals surface area contributed by atoms with E-state index in [2.05, 4.69) is 5.32 Å². The molecule has 0 heterocycles. The van der Waals surface area contributed by atoms with Crippen molar-refractivity contribution < 1.29 is 19.0 Å². The normalized spacial score (nSPS) is 17.2. The van der Waals surface area contributed by atoms with E-state index in [0.717, 1.165) is 17.7 Å². The molecule has 0 bridgehead atoms. The predicted octanol–water partition coefficient (Wildman–Crippen LogP) is 3.02. The Hall–Kier alpha value is -1.79. The number of methoxy groups -OCH3 is 2. The highest BCUT2D eigenvalue weighted by atomic mass is 16.5. The number of carbonyl (C=O) groups is 1. The fourth-order valence-electron chi connectivity index (χ4n) is 3.81. The largest absolute Gasteiger partial charge is 0.497 e. The fraction of sp³-hybridized carbons (Fsp3) is 0.667. The fourth-order valence-corrected chi connectivity index (χ4v) is 3.81. The quantitative estimate of drug-likeness (QED) is 0.654. The van der Waals surface area contributed by atoms with Crippen LogP contribution >= 0.6 is 0 Å². The van der Waals surface area contributed by atoms with Gasteiger partial charge in [-0.25, -0.2) is 0 Å². The van der Waals surface area contributed by atoms with Crippen molar-refractivity contribution in [3.63, 3.8) is 0 Å². The Labute approximate surface area is 162 Å². The number of benzene rings is 1. The Morgan fingerprint density at radius 2 is 1.96 bits per heavy atom. The van der Waals surface area contributed by atoms with Gasteiger partial charge in [-0.1, -0.05) is 32.1 Å². The molecule has 1 aliphatic rings. The average molecular weight is 379 g/mol. The lowest BCUT2D eigenvalue weighted by Gasteiger charge is -2.28. The number of amides is 1. The predicted molar refractivity (Wildman–Crippen MR) is 106 cm³/mol. The molecular weight excluding hydrogens is 344 g/mol. The summed E-state index contributed by atoms with van der Waals surface area (Å²) in [5.41, 5.74) is 7.22. The highest BCUT2D eigenvalue weighted by molar-refractivity contribution is 5.81. The maximum atomic E-state index is 12.8. The molecule has 2 rings (SSSR count). The van der Waals surface area contributed by atoms with E-state index in [1.807, 2.05) is 25.1 Å². The van der Waals surface area contributed by atoms with Crippen LogP contribution in [-0.2, 0) is 16.1 Å². The summed E-state index contributed by atoms with van der Waals surface area (Å²) < 4.78 is 16.3. The first-order valence-electron chi connectivity index (χ1n) is 9.94. The van der Waals surface area contributed by atoms with Gasteiger partial charge in [0.15, 0.2) is 6.10 Å². The molecule has 2 atom stereocenters. The molecular formula is C21H34N2O4. The van der Waals surface area contributed by atoms with E-state index in [4.69, 9.17) is 19.9 Å². The van der Waals surface area contributed by atoms with Gasteiger partial charge in [-0.3, -0.25) is 4.79 Å². The van der Waals surface area contributed by atoms with Gasteiger partial charge in [0, 0.05) is 24.8 Å². The SMILES string of the molecule is CCOC(C(=O)NCc1cc(OC)ccc1OC)[C@H](N)CC1CCCCC1. The van der Waals surface area contributed by atoms with E-state index >= 15 is 0 Å². The van der Waals surface area contributed by atoms with E-state index in [9.17, 15) is 4.79 Å². The highest BCUT2D eigenvalue weighted by Gasteiger charge is 2.29. The lowest BCUT2D eigenvalue weighted by atomic mass is 9.84. The molecule has 1 unspecified atom stereocenters. The van der Waals surface area contributed by atoms with Crippen LogP contribution in [0.2, 0.25) is 0 Å². The lowest BCUT2D eigenvalue weighted by Crippen LogP contribution is -2.48. The van der Waals surface area contributed by atoms with Crippen molar-refractivity contribution in [2.75, 3.05) is 20.8 Å². The summed E-state index contributed by atoms with van der Waals surface area (Å²) in [6, 6.07) is 5.22. The number of nitrogens with two attached hydrogens (primary N) is 1. The molecule has 1 saturated carbocycles. The molecule has 1 aromatic rings. The molecule has 0 radical (unpaired) electrons. The smallest absolute Gasteiger partial charge is 0.251 e. The Morgan fingerprint density at radius 1 is 1.22 bits per heavy atom. The first-order chi connectivity index (χ1) is 13.1. The summed E-state index contributed by atoms with van der Waals surface area (Å²) in [5.74, 6) is 1.85. The van der Waals surface area contributed by atoms with E-state index in [1.165, 1.54) is 32.1 Å². The minimum absolute atomic E-state index is 0.176. The van der Waals surface area contributed by atoms with Crippen LogP contribution in [0.25, 0.3) is 0 Å². The van der Waals surface area contributed by atoms with Gasteiger partial charge in [-0.2, -0.15) is 0 Å². The van der Waals surface area contributed by atoms with Crippen molar-refractivity contribution in [1.82, 2.24) is 5.32 Å². The van der Waals surface area contributed by atoms with Crippen LogP contribution in [0, 0.1) is 5.92 Å². The van der Waals surface area contributed by atoms with E-state index in [-0.39, 0.29) is 11.9 Å². The second-order valence-corrected chi connectivity index (χ2v) is 7.18. The molecule has 6 heteroatoms. The summed E-state index contributed by atoms with van der Waals surface area (Å²) >= 11 is 0. The molecule has 152 valence electrons. The number of carbonyl (C=O) groups excluding carboxylic acids is 1. The summed E-state index contributed by atoms with van der Waals surface area (Å²) in [6.07, 6.45) is 6.44. The second kappa shape index (κ2) is 11.1. The number of hydrogen-bond donors (Lipinski definition) is 2. The zero-order valence-corrected chi connectivity index (χ0v) is 16.8.